The molecule has 0 spiro atoms. The first-order valence-corrected chi connectivity index (χ1v) is 15.2. The molecule has 1 aliphatic rings. The molecule has 1 fully saturated rings. The molecule has 0 radical (unpaired) electrons. The van der Waals surface area contributed by atoms with Crippen LogP contribution in [0.15, 0.2) is 54.7 Å². The van der Waals surface area contributed by atoms with E-state index in [0.29, 0.717) is 36.5 Å². The standard InChI is InChI=1S/C34H40FN5O5/c1-34(2,3)45-30(41)16-15-28(31-37-20-29(39-31)25-13-14-26(18-36)27(35)17-25)40-32(42)24-11-9-22(10-12-24)19-38-33(43)44-21-23-7-5-4-6-8-23/h4-8,13-14,17,20,22,24,28H,9-12,15-16,19,21H2,1-3H3,(H,37,39)(H,38,43)(H,40,42)/t22?,24?,28-/m0/s1. The van der Waals surface area contributed by atoms with Crippen molar-refractivity contribution in [3.63, 3.8) is 0 Å². The van der Waals surface area contributed by atoms with Crippen LogP contribution >= 0.6 is 0 Å². The van der Waals surface area contributed by atoms with Crippen LogP contribution in [0.4, 0.5) is 9.18 Å². The van der Waals surface area contributed by atoms with Crippen LogP contribution in [0.5, 0.6) is 0 Å². The Morgan fingerprint density at radius 1 is 1.11 bits per heavy atom. The number of alkyl carbamates (subject to hydrolysis) is 1. The van der Waals surface area contributed by atoms with Gasteiger partial charge in [-0.05, 0) is 76.5 Å². The van der Waals surface area contributed by atoms with Crippen molar-refractivity contribution in [2.45, 2.75) is 77.5 Å². The molecular weight excluding hydrogens is 577 g/mol. The van der Waals surface area contributed by atoms with E-state index in [4.69, 9.17) is 14.7 Å². The Labute approximate surface area is 262 Å². The van der Waals surface area contributed by atoms with E-state index in [9.17, 15) is 18.8 Å². The highest BCUT2D eigenvalue weighted by Crippen LogP contribution is 2.30. The molecule has 1 aliphatic carbocycles. The third kappa shape index (κ3) is 10.2. The zero-order chi connectivity index (χ0) is 32.4. The number of nitrogens with zero attached hydrogens (tertiary/aromatic N) is 2. The van der Waals surface area contributed by atoms with E-state index in [-0.39, 0.29) is 42.8 Å². The Hall–Kier alpha value is -4.72. The number of carbonyl (C=O) groups excluding carboxylic acids is 3. The Kier molecular flexibility index (Phi) is 11.3. The van der Waals surface area contributed by atoms with Gasteiger partial charge in [-0.2, -0.15) is 5.26 Å². The van der Waals surface area contributed by atoms with Gasteiger partial charge in [0.1, 0.15) is 29.9 Å². The van der Waals surface area contributed by atoms with Crippen LogP contribution in [0.2, 0.25) is 0 Å². The van der Waals surface area contributed by atoms with Crippen LogP contribution in [0.25, 0.3) is 11.3 Å². The van der Waals surface area contributed by atoms with E-state index in [1.54, 1.807) is 32.9 Å². The number of aromatic amines is 1. The van der Waals surface area contributed by atoms with Gasteiger partial charge < -0.3 is 25.1 Å². The molecule has 1 aromatic heterocycles. The van der Waals surface area contributed by atoms with Crippen molar-refractivity contribution in [2.75, 3.05) is 6.54 Å². The summed E-state index contributed by atoms with van der Waals surface area (Å²) in [5.74, 6) is -0.730. The lowest BCUT2D eigenvalue weighted by Gasteiger charge is -2.29. The van der Waals surface area contributed by atoms with Crippen molar-refractivity contribution in [1.29, 1.82) is 5.26 Å². The molecule has 45 heavy (non-hydrogen) atoms. The van der Waals surface area contributed by atoms with Gasteiger partial charge >= 0.3 is 12.1 Å². The topological polar surface area (TPSA) is 146 Å². The zero-order valence-corrected chi connectivity index (χ0v) is 25.9. The molecule has 2 aromatic carbocycles. The first-order valence-electron chi connectivity index (χ1n) is 15.2. The molecule has 0 saturated heterocycles. The maximum absolute atomic E-state index is 14.2. The van der Waals surface area contributed by atoms with Gasteiger partial charge in [-0.15, -0.1) is 0 Å². The third-order valence-electron chi connectivity index (χ3n) is 7.67. The minimum absolute atomic E-state index is 0.0581. The van der Waals surface area contributed by atoms with Crippen molar-refractivity contribution >= 4 is 18.0 Å². The summed E-state index contributed by atoms with van der Waals surface area (Å²) >= 11 is 0. The fourth-order valence-corrected chi connectivity index (χ4v) is 5.29. The summed E-state index contributed by atoms with van der Waals surface area (Å²) in [7, 11) is 0. The van der Waals surface area contributed by atoms with Crippen LogP contribution in [0.3, 0.4) is 0 Å². The second-order valence-corrected chi connectivity index (χ2v) is 12.3. The Bertz CT molecular complexity index is 1500. The van der Waals surface area contributed by atoms with Crippen molar-refractivity contribution in [1.82, 2.24) is 20.6 Å². The number of hydrogen-bond acceptors (Lipinski definition) is 7. The predicted molar refractivity (Wildman–Crippen MR) is 165 cm³/mol. The average molecular weight is 618 g/mol. The SMILES string of the molecule is CC(C)(C)OC(=O)CC[C@H](NC(=O)C1CCC(CNC(=O)OCc2ccccc2)CC1)c1ncc(-c2ccc(C#N)c(F)c2)[nH]1. The number of carbonyl (C=O) groups is 3. The van der Waals surface area contributed by atoms with Gasteiger partial charge in [0.25, 0.3) is 0 Å². The van der Waals surface area contributed by atoms with Crippen molar-refractivity contribution < 1.29 is 28.2 Å². The molecule has 0 unspecified atom stereocenters. The first kappa shape index (κ1) is 33.2. The summed E-state index contributed by atoms with van der Waals surface area (Å²) < 4.78 is 25.0. The fraction of sp³-hybridized carbons (Fsp3) is 0.441. The molecule has 11 heteroatoms. The molecule has 0 bridgehead atoms. The number of ether oxygens (including phenoxy) is 2. The number of rotatable bonds is 11. The van der Waals surface area contributed by atoms with Crippen LogP contribution < -0.4 is 10.6 Å². The van der Waals surface area contributed by atoms with Gasteiger partial charge in [0, 0.05) is 24.4 Å². The number of hydrogen-bond donors (Lipinski definition) is 3. The predicted octanol–water partition coefficient (Wildman–Crippen LogP) is 6.10. The molecule has 1 atom stereocenters. The zero-order valence-electron chi connectivity index (χ0n) is 25.9. The molecule has 1 heterocycles. The number of nitrogens with one attached hydrogen (secondary N) is 3. The summed E-state index contributed by atoms with van der Waals surface area (Å²) in [6, 6.07) is 14.9. The molecule has 10 nitrogen and oxygen atoms in total. The van der Waals surface area contributed by atoms with Crippen molar-refractivity contribution in [3.8, 4) is 17.3 Å². The van der Waals surface area contributed by atoms with Crippen LogP contribution in [0, 0.1) is 29.0 Å². The van der Waals surface area contributed by atoms with E-state index in [1.807, 2.05) is 30.3 Å². The van der Waals surface area contributed by atoms with Crippen molar-refractivity contribution in [3.05, 3.63) is 77.5 Å². The number of esters is 1. The second kappa shape index (κ2) is 15.3. The monoisotopic (exact) mass is 617 g/mol. The van der Waals surface area contributed by atoms with Gasteiger partial charge in [0.2, 0.25) is 5.91 Å². The highest BCUT2D eigenvalue weighted by Gasteiger charge is 2.30. The van der Waals surface area contributed by atoms with Gasteiger partial charge in [-0.25, -0.2) is 14.2 Å². The number of halogens is 1. The normalized spacial score (nSPS) is 17.0. The maximum atomic E-state index is 14.2. The number of nitriles is 1. The van der Waals surface area contributed by atoms with Crippen LogP contribution in [0.1, 0.15) is 82.3 Å². The summed E-state index contributed by atoms with van der Waals surface area (Å²) in [5, 5.41) is 14.9. The summed E-state index contributed by atoms with van der Waals surface area (Å²) in [6.07, 6.45) is 4.24. The minimum Gasteiger partial charge on any atom is -0.460 e. The minimum atomic E-state index is -0.643. The first-order chi connectivity index (χ1) is 21.5. The Balaban J connectivity index is 1.33. The van der Waals surface area contributed by atoms with Gasteiger partial charge in [0.05, 0.1) is 23.5 Å². The lowest BCUT2D eigenvalue weighted by atomic mass is 9.81. The van der Waals surface area contributed by atoms with Gasteiger partial charge in [-0.3, -0.25) is 9.59 Å². The number of aromatic nitrogens is 2. The highest BCUT2D eigenvalue weighted by atomic mass is 19.1. The van der Waals surface area contributed by atoms with E-state index in [2.05, 4.69) is 20.6 Å². The molecular formula is C34H40FN5O5. The lowest BCUT2D eigenvalue weighted by molar-refractivity contribution is -0.155. The van der Waals surface area contributed by atoms with Crippen molar-refractivity contribution in [2.24, 2.45) is 11.8 Å². The van der Waals surface area contributed by atoms with E-state index in [0.717, 1.165) is 18.4 Å². The molecule has 3 aromatic rings. The molecule has 4 rings (SSSR count). The van der Waals surface area contributed by atoms with Gasteiger partial charge in [0.15, 0.2) is 0 Å². The summed E-state index contributed by atoms with van der Waals surface area (Å²) in [4.78, 5) is 45.6. The third-order valence-corrected chi connectivity index (χ3v) is 7.67. The number of amides is 2. The van der Waals surface area contributed by atoms with E-state index < -0.39 is 29.5 Å². The molecule has 2 amide bonds. The molecule has 238 valence electrons. The number of imidazole rings is 1. The summed E-state index contributed by atoms with van der Waals surface area (Å²) in [5.41, 5.74) is 1.23. The van der Waals surface area contributed by atoms with Gasteiger partial charge in [-0.1, -0.05) is 36.4 Å². The van der Waals surface area contributed by atoms with E-state index >= 15 is 0 Å². The second-order valence-electron chi connectivity index (χ2n) is 12.3. The molecule has 0 aliphatic heterocycles. The number of H-pyrrole nitrogens is 1. The molecule has 1 saturated carbocycles. The largest absolute Gasteiger partial charge is 0.460 e. The Morgan fingerprint density at radius 2 is 1.84 bits per heavy atom. The quantitative estimate of drug-likeness (QED) is 0.220. The summed E-state index contributed by atoms with van der Waals surface area (Å²) in [6.45, 7) is 6.05. The maximum Gasteiger partial charge on any atom is 0.407 e. The average Bonchev–Trinajstić information content (AvgIpc) is 3.51. The van der Waals surface area contributed by atoms with Crippen LogP contribution in [-0.4, -0.2) is 40.1 Å². The number of benzene rings is 2. The fourth-order valence-electron chi connectivity index (χ4n) is 5.29. The Morgan fingerprint density at radius 3 is 2.51 bits per heavy atom. The smallest absolute Gasteiger partial charge is 0.407 e. The lowest BCUT2D eigenvalue weighted by Crippen LogP contribution is -2.38. The van der Waals surface area contributed by atoms with Crippen LogP contribution in [-0.2, 0) is 25.7 Å². The molecule has 3 N–H and O–H groups in total. The highest BCUT2D eigenvalue weighted by molar-refractivity contribution is 5.79. The van der Waals surface area contributed by atoms with E-state index in [1.165, 1.54) is 18.3 Å².